The van der Waals surface area contributed by atoms with E-state index >= 15 is 0 Å². The molecule has 0 amide bonds. The van der Waals surface area contributed by atoms with Crippen LogP contribution in [0, 0.1) is 0 Å². The standard InChI is InChI=1S/C12H14O/c1-13-12-9-5-7-10-6-3-2-4-8-11(10)12/h2-4,8,12H,5,7,9H2,1H3/t12-/m1/s1. The maximum Gasteiger partial charge on any atom is 0.0829 e. The van der Waals surface area contributed by atoms with Crippen LogP contribution < -0.4 is 0 Å². The number of allylic oxidation sites excluding steroid dienone is 3. The highest BCUT2D eigenvalue weighted by molar-refractivity contribution is 5.41. The molecule has 1 saturated carbocycles. The second-order valence-electron chi connectivity index (χ2n) is 3.41. The van der Waals surface area contributed by atoms with Gasteiger partial charge in [-0.05, 0) is 36.5 Å². The van der Waals surface area contributed by atoms with E-state index in [0.29, 0.717) is 0 Å². The number of methoxy groups -OCH3 is 1. The minimum Gasteiger partial charge on any atom is -0.377 e. The van der Waals surface area contributed by atoms with Crippen LogP contribution in [0.1, 0.15) is 19.3 Å². The first-order valence-electron chi connectivity index (χ1n) is 4.77. The molecule has 0 aliphatic heterocycles. The largest absolute Gasteiger partial charge is 0.377 e. The summed E-state index contributed by atoms with van der Waals surface area (Å²) in [5.74, 6) is 0. The van der Waals surface area contributed by atoms with Crippen molar-refractivity contribution < 1.29 is 4.74 Å². The minimum atomic E-state index is 0.285. The van der Waals surface area contributed by atoms with E-state index in [1.807, 2.05) is 12.2 Å². The summed E-state index contributed by atoms with van der Waals surface area (Å²) >= 11 is 0. The van der Waals surface area contributed by atoms with E-state index in [0.717, 1.165) is 12.8 Å². The Morgan fingerprint density at radius 2 is 2.38 bits per heavy atom. The highest BCUT2D eigenvalue weighted by Crippen LogP contribution is 2.30. The van der Waals surface area contributed by atoms with Gasteiger partial charge in [0.1, 0.15) is 0 Å². The molecule has 0 bridgehead atoms. The van der Waals surface area contributed by atoms with E-state index in [-0.39, 0.29) is 6.10 Å². The summed E-state index contributed by atoms with van der Waals surface area (Å²) in [6.45, 7) is 0. The Balaban J connectivity index is 2.36. The van der Waals surface area contributed by atoms with Crippen LogP contribution in [0.25, 0.3) is 0 Å². The van der Waals surface area contributed by atoms with Crippen molar-refractivity contribution in [2.45, 2.75) is 25.4 Å². The molecule has 0 radical (unpaired) electrons. The summed E-state index contributed by atoms with van der Waals surface area (Å²) < 4.78 is 5.44. The van der Waals surface area contributed by atoms with E-state index in [1.54, 1.807) is 7.11 Å². The molecule has 1 nitrogen and oxygen atoms in total. The Kier molecular flexibility index (Phi) is 2.49. The molecule has 0 N–H and O–H groups in total. The van der Waals surface area contributed by atoms with Crippen LogP contribution in [-0.2, 0) is 4.74 Å². The number of ether oxygens (including phenoxy) is 1. The second-order valence-corrected chi connectivity index (χ2v) is 3.41. The zero-order valence-corrected chi connectivity index (χ0v) is 7.92. The highest BCUT2D eigenvalue weighted by Gasteiger charge is 2.21. The molecule has 1 fully saturated rings. The van der Waals surface area contributed by atoms with Crippen molar-refractivity contribution in [1.29, 1.82) is 0 Å². The predicted octanol–water partition coefficient (Wildman–Crippen LogP) is 2.76. The van der Waals surface area contributed by atoms with Crippen LogP contribution in [0.4, 0.5) is 0 Å². The van der Waals surface area contributed by atoms with Crippen molar-refractivity contribution >= 4 is 0 Å². The maximum atomic E-state index is 5.44. The van der Waals surface area contributed by atoms with Gasteiger partial charge in [-0.1, -0.05) is 18.2 Å². The van der Waals surface area contributed by atoms with Gasteiger partial charge in [-0.15, -0.1) is 5.73 Å². The monoisotopic (exact) mass is 174 g/mol. The van der Waals surface area contributed by atoms with Gasteiger partial charge < -0.3 is 4.74 Å². The quantitative estimate of drug-likeness (QED) is 0.555. The molecule has 2 aliphatic carbocycles. The van der Waals surface area contributed by atoms with Crippen molar-refractivity contribution in [1.82, 2.24) is 0 Å². The normalized spacial score (nSPS) is 26.1. The fourth-order valence-electron chi connectivity index (χ4n) is 1.93. The van der Waals surface area contributed by atoms with Crippen molar-refractivity contribution in [3.8, 4) is 0 Å². The molecule has 0 aromatic rings. The van der Waals surface area contributed by atoms with E-state index < -0.39 is 0 Å². The number of fused-ring (bicyclic) bond motifs is 1. The molecule has 0 heterocycles. The third kappa shape index (κ3) is 1.67. The Morgan fingerprint density at radius 3 is 3.23 bits per heavy atom. The Hall–Kier alpha value is -1.04. The molecule has 1 atom stereocenters. The van der Waals surface area contributed by atoms with Gasteiger partial charge in [-0.25, -0.2) is 0 Å². The summed E-state index contributed by atoms with van der Waals surface area (Å²) in [6, 6.07) is 0. The summed E-state index contributed by atoms with van der Waals surface area (Å²) in [5, 5.41) is 0. The van der Waals surface area contributed by atoms with Gasteiger partial charge in [0.25, 0.3) is 0 Å². The number of rotatable bonds is 1. The van der Waals surface area contributed by atoms with Gasteiger partial charge >= 0.3 is 0 Å². The number of hydrogen-bond donors (Lipinski definition) is 0. The molecule has 0 aromatic carbocycles. The maximum absolute atomic E-state index is 5.44. The molecule has 0 saturated heterocycles. The van der Waals surface area contributed by atoms with Crippen LogP contribution in [0.15, 0.2) is 41.2 Å². The van der Waals surface area contributed by atoms with Crippen molar-refractivity contribution in [2.75, 3.05) is 7.11 Å². The molecular formula is C12H14O. The van der Waals surface area contributed by atoms with Crippen LogP contribution >= 0.6 is 0 Å². The fraction of sp³-hybridized carbons (Fsp3) is 0.417. The lowest BCUT2D eigenvalue weighted by molar-refractivity contribution is 0.118. The van der Waals surface area contributed by atoms with Gasteiger partial charge in [-0.3, -0.25) is 0 Å². The molecule has 0 aromatic heterocycles. The smallest absolute Gasteiger partial charge is 0.0829 e. The molecular weight excluding hydrogens is 160 g/mol. The fourth-order valence-corrected chi connectivity index (χ4v) is 1.93. The van der Waals surface area contributed by atoms with Gasteiger partial charge in [0.05, 0.1) is 6.10 Å². The first-order valence-corrected chi connectivity index (χ1v) is 4.77. The molecule has 13 heavy (non-hydrogen) atoms. The van der Waals surface area contributed by atoms with Crippen LogP contribution in [0.2, 0.25) is 0 Å². The average molecular weight is 174 g/mol. The molecule has 1 heteroatoms. The molecule has 0 spiro atoms. The van der Waals surface area contributed by atoms with E-state index in [9.17, 15) is 0 Å². The van der Waals surface area contributed by atoms with E-state index in [2.05, 4.69) is 17.9 Å². The predicted molar refractivity (Wildman–Crippen MR) is 53.5 cm³/mol. The molecule has 0 unspecified atom stereocenters. The zero-order chi connectivity index (χ0) is 9.10. The van der Waals surface area contributed by atoms with Gasteiger partial charge in [0.15, 0.2) is 0 Å². The highest BCUT2D eigenvalue weighted by atomic mass is 16.5. The summed E-state index contributed by atoms with van der Waals surface area (Å²) in [6.07, 6.45) is 12.0. The molecule has 68 valence electrons. The third-order valence-corrected chi connectivity index (χ3v) is 2.61. The summed E-state index contributed by atoms with van der Waals surface area (Å²) in [4.78, 5) is 0. The second kappa shape index (κ2) is 3.78. The Labute approximate surface area is 79.1 Å². The summed E-state index contributed by atoms with van der Waals surface area (Å²) in [7, 11) is 1.78. The first kappa shape index (κ1) is 8.55. The Morgan fingerprint density at radius 1 is 1.46 bits per heavy atom. The lowest BCUT2D eigenvalue weighted by Crippen LogP contribution is -2.19. The van der Waals surface area contributed by atoms with Crippen LogP contribution in [-0.4, -0.2) is 13.2 Å². The Bertz CT molecular complexity index is 314. The average Bonchev–Trinajstić information content (AvgIpc) is 2.41. The topological polar surface area (TPSA) is 9.23 Å². The number of hydrogen-bond acceptors (Lipinski definition) is 1. The van der Waals surface area contributed by atoms with E-state index in [4.69, 9.17) is 4.74 Å². The van der Waals surface area contributed by atoms with E-state index in [1.165, 1.54) is 17.6 Å². The molecule has 2 rings (SSSR count). The van der Waals surface area contributed by atoms with Crippen molar-refractivity contribution in [3.63, 3.8) is 0 Å². The zero-order valence-electron chi connectivity index (χ0n) is 7.92. The van der Waals surface area contributed by atoms with Gasteiger partial charge in [-0.2, -0.15) is 0 Å². The lowest BCUT2D eigenvalue weighted by Gasteiger charge is -2.25. The SMILES string of the molecule is CO[C@@H]1CCCC2=C=CC=CC=C21. The van der Waals surface area contributed by atoms with Crippen LogP contribution in [0.5, 0.6) is 0 Å². The third-order valence-electron chi connectivity index (χ3n) is 2.61. The van der Waals surface area contributed by atoms with Crippen molar-refractivity contribution in [2.24, 2.45) is 0 Å². The lowest BCUT2D eigenvalue weighted by atomic mass is 9.87. The minimum absolute atomic E-state index is 0.285. The first-order chi connectivity index (χ1) is 6.42. The summed E-state index contributed by atoms with van der Waals surface area (Å²) in [5.41, 5.74) is 5.94. The van der Waals surface area contributed by atoms with Crippen molar-refractivity contribution in [3.05, 3.63) is 41.2 Å². The molecule has 2 aliphatic rings. The van der Waals surface area contributed by atoms with Gasteiger partial charge in [0, 0.05) is 7.11 Å². The van der Waals surface area contributed by atoms with Gasteiger partial charge in [0.2, 0.25) is 0 Å². The van der Waals surface area contributed by atoms with Crippen LogP contribution in [0.3, 0.4) is 0 Å².